The number of imidazole rings is 1. The van der Waals surface area contributed by atoms with Crippen molar-refractivity contribution in [1.82, 2.24) is 19.8 Å². The Balaban J connectivity index is 1.95. The van der Waals surface area contributed by atoms with Crippen LogP contribution in [0.3, 0.4) is 0 Å². The Kier molecular flexibility index (Phi) is 3.96. The summed E-state index contributed by atoms with van der Waals surface area (Å²) in [5.41, 5.74) is 0. The Morgan fingerprint density at radius 2 is 2.31 bits per heavy atom. The molecule has 16 heavy (non-hydrogen) atoms. The Hall–Kier alpha value is -0.870. The van der Waals surface area contributed by atoms with E-state index in [-0.39, 0.29) is 0 Å². The average Bonchev–Trinajstić information content (AvgIpc) is 2.77. The number of aromatic nitrogens is 2. The van der Waals surface area contributed by atoms with Crippen LogP contribution in [0.15, 0.2) is 12.4 Å². The average molecular weight is 222 g/mol. The van der Waals surface area contributed by atoms with E-state index in [1.54, 1.807) is 0 Å². The SMILES string of the molecule is CCNCC(CC)N1CCn2ccnc2C1. The molecule has 0 amide bonds. The van der Waals surface area contributed by atoms with Gasteiger partial charge in [0.25, 0.3) is 0 Å². The highest BCUT2D eigenvalue weighted by Gasteiger charge is 2.22. The van der Waals surface area contributed by atoms with Crippen LogP contribution in [0, 0.1) is 0 Å². The van der Waals surface area contributed by atoms with Crippen LogP contribution in [0.2, 0.25) is 0 Å². The first-order valence-electron chi connectivity index (χ1n) is 6.30. The first-order chi connectivity index (χ1) is 7.85. The first kappa shape index (κ1) is 11.6. The van der Waals surface area contributed by atoms with E-state index in [0.717, 1.165) is 32.7 Å². The predicted octanol–water partition coefficient (Wildman–Crippen LogP) is 1.09. The third-order valence-electron chi connectivity index (χ3n) is 3.39. The van der Waals surface area contributed by atoms with E-state index in [4.69, 9.17) is 0 Å². The van der Waals surface area contributed by atoms with Gasteiger partial charge in [0, 0.05) is 38.1 Å². The predicted molar refractivity (Wildman–Crippen MR) is 65.3 cm³/mol. The Morgan fingerprint density at radius 1 is 1.44 bits per heavy atom. The molecular formula is C12H22N4. The molecule has 0 aromatic carbocycles. The summed E-state index contributed by atoms with van der Waals surface area (Å²) < 4.78 is 2.26. The Morgan fingerprint density at radius 3 is 3.06 bits per heavy atom. The van der Waals surface area contributed by atoms with E-state index in [9.17, 15) is 0 Å². The van der Waals surface area contributed by atoms with Crippen LogP contribution < -0.4 is 5.32 Å². The van der Waals surface area contributed by atoms with E-state index in [1.807, 2.05) is 6.20 Å². The molecule has 90 valence electrons. The lowest BCUT2D eigenvalue weighted by molar-refractivity contribution is 0.146. The highest BCUT2D eigenvalue weighted by Crippen LogP contribution is 2.14. The summed E-state index contributed by atoms with van der Waals surface area (Å²) >= 11 is 0. The minimum Gasteiger partial charge on any atom is -0.333 e. The van der Waals surface area contributed by atoms with Crippen molar-refractivity contribution in [3.8, 4) is 0 Å². The number of hydrogen-bond acceptors (Lipinski definition) is 3. The largest absolute Gasteiger partial charge is 0.333 e. The van der Waals surface area contributed by atoms with Crippen molar-refractivity contribution in [2.45, 2.75) is 39.4 Å². The lowest BCUT2D eigenvalue weighted by Crippen LogP contribution is -2.45. The van der Waals surface area contributed by atoms with Crippen molar-refractivity contribution in [2.24, 2.45) is 0 Å². The van der Waals surface area contributed by atoms with Crippen molar-refractivity contribution >= 4 is 0 Å². The van der Waals surface area contributed by atoms with Crippen molar-refractivity contribution in [2.75, 3.05) is 19.6 Å². The zero-order valence-electron chi connectivity index (χ0n) is 10.3. The summed E-state index contributed by atoms with van der Waals surface area (Å²) in [7, 11) is 0. The summed E-state index contributed by atoms with van der Waals surface area (Å²) in [4.78, 5) is 6.95. The fraction of sp³-hybridized carbons (Fsp3) is 0.750. The van der Waals surface area contributed by atoms with Gasteiger partial charge in [-0.2, -0.15) is 0 Å². The molecule has 2 rings (SSSR count). The second-order valence-corrected chi connectivity index (χ2v) is 4.38. The van der Waals surface area contributed by atoms with Crippen LogP contribution in [0.25, 0.3) is 0 Å². The molecule has 1 N–H and O–H groups in total. The van der Waals surface area contributed by atoms with E-state index in [0.29, 0.717) is 6.04 Å². The Bertz CT molecular complexity index is 321. The standard InChI is InChI=1S/C12H22N4/c1-3-11(9-13-4-2)16-8-7-15-6-5-14-12(15)10-16/h5-6,11,13H,3-4,7-10H2,1-2H3. The molecule has 0 saturated heterocycles. The number of rotatable bonds is 5. The van der Waals surface area contributed by atoms with Gasteiger partial charge >= 0.3 is 0 Å². The number of hydrogen-bond donors (Lipinski definition) is 1. The zero-order valence-corrected chi connectivity index (χ0v) is 10.3. The van der Waals surface area contributed by atoms with Crippen molar-refractivity contribution < 1.29 is 0 Å². The van der Waals surface area contributed by atoms with Crippen molar-refractivity contribution in [3.63, 3.8) is 0 Å². The van der Waals surface area contributed by atoms with Gasteiger partial charge in [-0.1, -0.05) is 13.8 Å². The highest BCUT2D eigenvalue weighted by atomic mass is 15.3. The minimum absolute atomic E-state index is 0.644. The summed E-state index contributed by atoms with van der Waals surface area (Å²) in [5.74, 6) is 1.21. The summed E-state index contributed by atoms with van der Waals surface area (Å²) in [6, 6.07) is 0.644. The number of fused-ring (bicyclic) bond motifs is 1. The molecular weight excluding hydrogens is 200 g/mol. The van der Waals surface area contributed by atoms with Gasteiger partial charge in [-0.05, 0) is 13.0 Å². The number of likely N-dealkylation sites (N-methyl/N-ethyl adjacent to an activating group) is 1. The van der Waals surface area contributed by atoms with Gasteiger partial charge in [0.15, 0.2) is 0 Å². The lowest BCUT2D eigenvalue weighted by atomic mass is 10.1. The fourth-order valence-corrected chi connectivity index (χ4v) is 2.35. The fourth-order valence-electron chi connectivity index (χ4n) is 2.35. The molecule has 1 unspecified atom stereocenters. The summed E-state index contributed by atoms with van der Waals surface area (Å²) in [6.45, 7) is 9.80. The van der Waals surface area contributed by atoms with Crippen LogP contribution >= 0.6 is 0 Å². The van der Waals surface area contributed by atoms with Gasteiger partial charge in [-0.3, -0.25) is 4.90 Å². The maximum absolute atomic E-state index is 4.40. The van der Waals surface area contributed by atoms with Gasteiger partial charge in [0.2, 0.25) is 0 Å². The van der Waals surface area contributed by atoms with Crippen molar-refractivity contribution in [3.05, 3.63) is 18.2 Å². The molecule has 4 nitrogen and oxygen atoms in total. The quantitative estimate of drug-likeness (QED) is 0.809. The van der Waals surface area contributed by atoms with Crippen LogP contribution in [0.1, 0.15) is 26.1 Å². The Labute approximate surface area is 97.7 Å². The second-order valence-electron chi connectivity index (χ2n) is 4.38. The van der Waals surface area contributed by atoms with E-state index in [2.05, 4.69) is 39.8 Å². The smallest absolute Gasteiger partial charge is 0.122 e. The van der Waals surface area contributed by atoms with Gasteiger partial charge in [0.1, 0.15) is 5.82 Å². The molecule has 0 spiro atoms. The number of nitrogens with one attached hydrogen (secondary N) is 1. The van der Waals surface area contributed by atoms with Gasteiger partial charge in [-0.15, -0.1) is 0 Å². The first-order valence-corrected chi connectivity index (χ1v) is 6.30. The molecule has 1 aliphatic heterocycles. The maximum Gasteiger partial charge on any atom is 0.122 e. The van der Waals surface area contributed by atoms with Gasteiger partial charge in [0.05, 0.1) is 6.54 Å². The van der Waals surface area contributed by atoms with Crippen LogP contribution in [-0.2, 0) is 13.1 Å². The van der Waals surface area contributed by atoms with Gasteiger partial charge < -0.3 is 9.88 Å². The molecule has 0 bridgehead atoms. The molecule has 2 heterocycles. The molecule has 1 aromatic heterocycles. The minimum atomic E-state index is 0.644. The zero-order chi connectivity index (χ0) is 11.4. The van der Waals surface area contributed by atoms with Crippen molar-refractivity contribution in [1.29, 1.82) is 0 Å². The van der Waals surface area contributed by atoms with E-state index < -0.39 is 0 Å². The van der Waals surface area contributed by atoms with Gasteiger partial charge in [-0.25, -0.2) is 4.98 Å². The van der Waals surface area contributed by atoms with Crippen LogP contribution in [-0.4, -0.2) is 40.1 Å². The molecule has 1 aliphatic rings. The summed E-state index contributed by atoms with van der Waals surface area (Å²) in [5, 5.41) is 3.45. The van der Waals surface area contributed by atoms with Crippen LogP contribution in [0.5, 0.6) is 0 Å². The molecule has 0 fully saturated rings. The third-order valence-corrected chi connectivity index (χ3v) is 3.39. The van der Waals surface area contributed by atoms with E-state index in [1.165, 1.54) is 12.2 Å². The molecule has 1 atom stereocenters. The van der Waals surface area contributed by atoms with E-state index >= 15 is 0 Å². The molecule has 0 aliphatic carbocycles. The molecule has 0 saturated carbocycles. The third kappa shape index (κ3) is 2.44. The second kappa shape index (κ2) is 5.46. The normalized spacial score (nSPS) is 18.4. The lowest BCUT2D eigenvalue weighted by Gasteiger charge is -2.34. The molecule has 1 aromatic rings. The highest BCUT2D eigenvalue weighted by molar-refractivity contribution is 4.96. The number of nitrogens with zero attached hydrogens (tertiary/aromatic N) is 3. The maximum atomic E-state index is 4.40. The summed E-state index contributed by atoms with van der Waals surface area (Å²) in [6.07, 6.45) is 5.19. The molecule has 0 radical (unpaired) electrons. The molecule has 4 heteroatoms. The van der Waals surface area contributed by atoms with Crippen LogP contribution in [0.4, 0.5) is 0 Å². The topological polar surface area (TPSA) is 33.1 Å². The monoisotopic (exact) mass is 222 g/mol.